The zero-order chi connectivity index (χ0) is 16.4. The normalized spacial score (nSPS) is 11.6. The molecule has 0 unspecified atom stereocenters. The van der Waals surface area contributed by atoms with Gasteiger partial charge in [0.1, 0.15) is 0 Å². The van der Waals surface area contributed by atoms with Gasteiger partial charge in [0.25, 0.3) is 0 Å². The maximum Gasteiger partial charge on any atom is 0.170 e. The van der Waals surface area contributed by atoms with Crippen molar-refractivity contribution >= 4 is 23.2 Å². The van der Waals surface area contributed by atoms with Crippen LogP contribution in [0.2, 0.25) is 0 Å². The van der Waals surface area contributed by atoms with Gasteiger partial charge in [0, 0.05) is 13.0 Å². The molecular formula is C19H24Cl2N2. The first kappa shape index (κ1) is 18.3. The van der Waals surface area contributed by atoms with Crippen molar-refractivity contribution in [1.29, 1.82) is 0 Å². The van der Waals surface area contributed by atoms with E-state index in [1.54, 1.807) is 0 Å². The van der Waals surface area contributed by atoms with Gasteiger partial charge in [-0.3, -0.25) is 5.32 Å². The number of hydrogen-bond donors (Lipinski definition) is 2. The number of hydrogen-bond acceptors (Lipinski definition) is 2. The van der Waals surface area contributed by atoms with Crippen molar-refractivity contribution in [3.05, 3.63) is 71.8 Å². The van der Waals surface area contributed by atoms with Crippen LogP contribution < -0.4 is 10.6 Å². The molecule has 124 valence electrons. The van der Waals surface area contributed by atoms with Gasteiger partial charge in [-0.05, 0) is 37.1 Å². The molecule has 0 aromatic heterocycles. The lowest BCUT2D eigenvalue weighted by Gasteiger charge is -2.21. The first-order valence-electron chi connectivity index (χ1n) is 8.07. The van der Waals surface area contributed by atoms with Gasteiger partial charge in [0.2, 0.25) is 0 Å². The third kappa shape index (κ3) is 7.85. The highest BCUT2D eigenvalue weighted by atomic mass is 35.5. The monoisotopic (exact) mass is 350 g/mol. The second-order valence-electron chi connectivity index (χ2n) is 5.60. The Morgan fingerprint density at radius 2 is 1.22 bits per heavy atom. The molecule has 0 amide bonds. The van der Waals surface area contributed by atoms with E-state index in [1.165, 1.54) is 11.1 Å². The molecule has 0 aliphatic heterocycles. The number of benzene rings is 2. The highest BCUT2D eigenvalue weighted by Crippen LogP contribution is 2.20. The Hall–Kier alpha value is -1.06. The number of nitrogens with one attached hydrogen (secondary N) is 2. The molecule has 0 bridgehead atoms. The van der Waals surface area contributed by atoms with Gasteiger partial charge in [0.05, 0.1) is 0 Å². The molecule has 2 aromatic rings. The molecule has 0 spiro atoms. The lowest BCUT2D eigenvalue weighted by Crippen LogP contribution is -2.38. The van der Waals surface area contributed by atoms with Crippen LogP contribution in [0.3, 0.4) is 0 Å². The van der Waals surface area contributed by atoms with Crippen LogP contribution in [0.5, 0.6) is 0 Å². The van der Waals surface area contributed by atoms with Gasteiger partial charge in [-0.2, -0.15) is 0 Å². The lowest BCUT2D eigenvalue weighted by atomic mass is 10.1. The predicted octanol–water partition coefficient (Wildman–Crippen LogP) is 4.17. The zero-order valence-electron chi connectivity index (χ0n) is 13.3. The third-order valence-corrected chi connectivity index (χ3v) is 4.33. The summed E-state index contributed by atoms with van der Waals surface area (Å²) in [5.74, 6) is 0. The molecule has 0 fully saturated rings. The Balaban J connectivity index is 1.56. The van der Waals surface area contributed by atoms with Crippen LogP contribution in [0.15, 0.2) is 60.7 Å². The molecule has 0 atom stereocenters. The largest absolute Gasteiger partial charge is 0.316 e. The van der Waals surface area contributed by atoms with Crippen LogP contribution in [0.1, 0.15) is 17.5 Å². The van der Waals surface area contributed by atoms with E-state index in [-0.39, 0.29) is 0 Å². The van der Waals surface area contributed by atoms with Gasteiger partial charge >= 0.3 is 0 Å². The van der Waals surface area contributed by atoms with Crippen molar-refractivity contribution in [1.82, 2.24) is 10.6 Å². The molecule has 0 saturated heterocycles. The summed E-state index contributed by atoms with van der Waals surface area (Å²) in [5.41, 5.74) is 2.62. The van der Waals surface area contributed by atoms with E-state index in [2.05, 4.69) is 47.0 Å². The lowest BCUT2D eigenvalue weighted by molar-refractivity contribution is 0.525. The molecule has 2 aromatic carbocycles. The quantitative estimate of drug-likeness (QED) is 0.381. The fourth-order valence-corrected chi connectivity index (χ4v) is 2.75. The van der Waals surface area contributed by atoms with Gasteiger partial charge in [0.15, 0.2) is 4.46 Å². The van der Waals surface area contributed by atoms with Crippen molar-refractivity contribution < 1.29 is 0 Å². The fourth-order valence-electron chi connectivity index (χ4n) is 2.37. The predicted molar refractivity (Wildman–Crippen MR) is 100 cm³/mol. The molecular weight excluding hydrogens is 327 g/mol. The summed E-state index contributed by atoms with van der Waals surface area (Å²) in [6.45, 7) is 2.48. The molecule has 2 rings (SSSR count). The number of halogens is 2. The average Bonchev–Trinajstić information content (AvgIpc) is 2.56. The molecule has 4 heteroatoms. The van der Waals surface area contributed by atoms with Crippen LogP contribution in [-0.2, 0) is 12.8 Å². The standard InChI is InChI=1S/C19H24Cl2N2/c20-19(21,23-15-12-18-9-5-2-6-10-18)13-16-22-14-11-17-7-3-1-4-8-17/h1-10,22-23H,11-16H2. The first-order chi connectivity index (χ1) is 11.2. The van der Waals surface area contributed by atoms with E-state index in [0.717, 1.165) is 32.5 Å². The average molecular weight is 351 g/mol. The minimum Gasteiger partial charge on any atom is -0.316 e. The Bertz CT molecular complexity index is 544. The summed E-state index contributed by atoms with van der Waals surface area (Å²) in [4.78, 5) is 0. The van der Waals surface area contributed by atoms with E-state index in [0.29, 0.717) is 6.42 Å². The Kier molecular flexibility index (Phi) is 7.90. The van der Waals surface area contributed by atoms with E-state index in [9.17, 15) is 0 Å². The first-order valence-corrected chi connectivity index (χ1v) is 8.83. The summed E-state index contributed by atoms with van der Waals surface area (Å²) in [6, 6.07) is 20.8. The smallest absolute Gasteiger partial charge is 0.170 e. The van der Waals surface area contributed by atoms with Crippen molar-refractivity contribution in [3.63, 3.8) is 0 Å². The zero-order valence-corrected chi connectivity index (χ0v) is 14.8. The molecule has 0 aliphatic carbocycles. The third-order valence-electron chi connectivity index (χ3n) is 3.69. The van der Waals surface area contributed by atoms with E-state index < -0.39 is 4.46 Å². The van der Waals surface area contributed by atoms with Gasteiger partial charge < -0.3 is 5.32 Å². The summed E-state index contributed by atoms with van der Waals surface area (Å²) in [5, 5.41) is 6.60. The molecule has 0 aliphatic rings. The summed E-state index contributed by atoms with van der Waals surface area (Å²) in [6.07, 6.45) is 2.60. The van der Waals surface area contributed by atoms with Crippen LogP contribution in [-0.4, -0.2) is 24.1 Å². The van der Waals surface area contributed by atoms with Gasteiger partial charge in [-0.1, -0.05) is 83.9 Å². The van der Waals surface area contributed by atoms with Crippen molar-refractivity contribution in [2.75, 3.05) is 19.6 Å². The van der Waals surface area contributed by atoms with E-state index >= 15 is 0 Å². The second kappa shape index (κ2) is 9.94. The molecule has 0 heterocycles. The maximum absolute atomic E-state index is 6.31. The minimum absolute atomic E-state index is 0.666. The maximum atomic E-state index is 6.31. The second-order valence-corrected chi connectivity index (χ2v) is 7.09. The van der Waals surface area contributed by atoms with Crippen LogP contribution >= 0.6 is 23.2 Å². The number of rotatable bonds is 10. The number of alkyl halides is 2. The molecule has 2 N–H and O–H groups in total. The highest BCUT2D eigenvalue weighted by Gasteiger charge is 2.21. The van der Waals surface area contributed by atoms with Crippen molar-refractivity contribution in [3.8, 4) is 0 Å². The molecule has 2 nitrogen and oxygen atoms in total. The SMILES string of the molecule is ClC(Cl)(CCNCCc1ccccc1)NCCc1ccccc1. The van der Waals surface area contributed by atoms with Crippen molar-refractivity contribution in [2.24, 2.45) is 0 Å². The Morgan fingerprint density at radius 1 is 0.696 bits per heavy atom. The highest BCUT2D eigenvalue weighted by molar-refractivity contribution is 6.48. The van der Waals surface area contributed by atoms with Crippen LogP contribution in [0, 0.1) is 0 Å². The van der Waals surface area contributed by atoms with E-state index in [1.807, 2.05) is 24.3 Å². The Labute approximate surface area is 149 Å². The van der Waals surface area contributed by atoms with Gasteiger partial charge in [-0.25, -0.2) is 0 Å². The summed E-state index contributed by atoms with van der Waals surface area (Å²) < 4.78 is -0.880. The van der Waals surface area contributed by atoms with Gasteiger partial charge in [-0.15, -0.1) is 0 Å². The fraction of sp³-hybridized carbons (Fsp3) is 0.368. The topological polar surface area (TPSA) is 24.1 Å². The minimum atomic E-state index is -0.880. The van der Waals surface area contributed by atoms with Crippen LogP contribution in [0.4, 0.5) is 0 Å². The molecule has 23 heavy (non-hydrogen) atoms. The molecule has 0 radical (unpaired) electrons. The van der Waals surface area contributed by atoms with E-state index in [4.69, 9.17) is 23.2 Å². The molecule has 0 saturated carbocycles. The van der Waals surface area contributed by atoms with Crippen molar-refractivity contribution in [2.45, 2.75) is 23.7 Å². The van der Waals surface area contributed by atoms with Crippen LogP contribution in [0.25, 0.3) is 0 Å². The Morgan fingerprint density at radius 3 is 1.78 bits per heavy atom. The summed E-state index contributed by atoms with van der Waals surface area (Å²) >= 11 is 12.6. The summed E-state index contributed by atoms with van der Waals surface area (Å²) in [7, 11) is 0.